The molecule has 0 spiro atoms. The third-order valence-electron chi connectivity index (χ3n) is 3.48. The van der Waals surface area contributed by atoms with Gasteiger partial charge in [-0.3, -0.25) is 0 Å². The molecular weight excluding hydrogens is 216 g/mol. The number of nitrogens with zero attached hydrogens (tertiary/aromatic N) is 1. The molecule has 1 fully saturated rings. The number of rotatable bonds is 1. The van der Waals surface area contributed by atoms with E-state index in [2.05, 4.69) is 4.99 Å². The second kappa shape index (κ2) is 4.04. The van der Waals surface area contributed by atoms with E-state index >= 15 is 0 Å². The van der Waals surface area contributed by atoms with Gasteiger partial charge in [-0.1, -0.05) is 12.1 Å². The van der Waals surface area contributed by atoms with Crippen LogP contribution in [0.15, 0.2) is 29.3 Å². The van der Waals surface area contributed by atoms with E-state index in [1.807, 2.05) is 12.1 Å². The molecule has 17 heavy (non-hydrogen) atoms. The molecule has 3 rings (SSSR count). The van der Waals surface area contributed by atoms with Gasteiger partial charge >= 0.3 is 0 Å². The summed E-state index contributed by atoms with van der Waals surface area (Å²) in [5.74, 6) is 0.779. The Kier molecular flexibility index (Phi) is 2.52. The highest BCUT2D eigenvalue weighted by molar-refractivity contribution is 5.97. The van der Waals surface area contributed by atoms with Crippen molar-refractivity contribution < 1.29 is 9.84 Å². The first-order chi connectivity index (χ1) is 8.24. The predicted molar refractivity (Wildman–Crippen MR) is 65.1 cm³/mol. The summed E-state index contributed by atoms with van der Waals surface area (Å²) in [7, 11) is 0. The molecule has 4 heteroatoms. The molecule has 1 saturated carbocycles. The summed E-state index contributed by atoms with van der Waals surface area (Å²) in [6.45, 7) is 0. The van der Waals surface area contributed by atoms with Gasteiger partial charge in [0.05, 0.1) is 11.6 Å². The number of fused-ring (bicyclic) bond motifs is 1. The molecule has 2 aliphatic rings. The molecule has 3 N–H and O–H groups in total. The highest BCUT2D eigenvalue weighted by Crippen LogP contribution is 2.31. The first-order valence-electron chi connectivity index (χ1n) is 6.02. The van der Waals surface area contributed by atoms with Crippen LogP contribution in [0.25, 0.3) is 0 Å². The number of aromatic hydroxyl groups is 1. The van der Waals surface area contributed by atoms with E-state index in [0.29, 0.717) is 11.5 Å². The zero-order chi connectivity index (χ0) is 11.8. The van der Waals surface area contributed by atoms with Crippen LogP contribution in [-0.2, 0) is 4.74 Å². The Morgan fingerprint density at radius 3 is 2.94 bits per heavy atom. The van der Waals surface area contributed by atoms with Crippen molar-refractivity contribution in [2.24, 2.45) is 10.7 Å². The van der Waals surface area contributed by atoms with Crippen LogP contribution in [0.1, 0.15) is 24.8 Å². The van der Waals surface area contributed by atoms with Gasteiger partial charge in [0.25, 0.3) is 0 Å². The fraction of sp³-hybridized carbons (Fsp3) is 0.462. The minimum Gasteiger partial charge on any atom is -0.507 e. The number of aliphatic imine (C=N–C) groups is 1. The summed E-state index contributed by atoms with van der Waals surface area (Å²) in [4.78, 5) is 4.55. The number of benzene rings is 1. The minimum absolute atomic E-state index is 0.143. The smallest absolute Gasteiger partial charge is 0.220 e. The summed E-state index contributed by atoms with van der Waals surface area (Å²) >= 11 is 0. The average Bonchev–Trinajstić information content (AvgIpc) is 2.72. The number of nitrogens with two attached hydrogens (primary N) is 1. The van der Waals surface area contributed by atoms with Crippen molar-refractivity contribution in [3.8, 4) is 5.75 Å². The largest absolute Gasteiger partial charge is 0.507 e. The van der Waals surface area contributed by atoms with E-state index in [-0.39, 0.29) is 23.9 Å². The summed E-state index contributed by atoms with van der Waals surface area (Å²) < 4.78 is 5.82. The number of hydrogen-bond donors (Lipinski definition) is 2. The summed E-state index contributed by atoms with van der Waals surface area (Å²) in [5, 5.41) is 9.77. The van der Waals surface area contributed by atoms with Crippen molar-refractivity contribution in [3.63, 3.8) is 0 Å². The normalized spacial score (nSPS) is 31.6. The molecule has 90 valence electrons. The van der Waals surface area contributed by atoms with Crippen LogP contribution in [0.3, 0.4) is 0 Å². The summed E-state index contributed by atoms with van der Waals surface area (Å²) in [6.07, 6.45) is 2.96. The molecule has 3 atom stereocenters. The fourth-order valence-corrected chi connectivity index (χ4v) is 2.54. The molecular formula is C13H16N2O2. The maximum atomic E-state index is 9.77. The lowest BCUT2D eigenvalue weighted by Gasteiger charge is -2.26. The highest BCUT2D eigenvalue weighted by Gasteiger charge is 2.36. The lowest BCUT2D eigenvalue weighted by molar-refractivity contribution is 0.144. The third kappa shape index (κ3) is 1.89. The zero-order valence-corrected chi connectivity index (χ0v) is 9.54. The Bertz CT molecular complexity index is 458. The Morgan fingerprint density at radius 2 is 2.12 bits per heavy atom. The summed E-state index contributed by atoms with van der Waals surface area (Å²) in [5.41, 5.74) is 6.61. The second-order valence-corrected chi connectivity index (χ2v) is 4.75. The van der Waals surface area contributed by atoms with Gasteiger partial charge < -0.3 is 15.6 Å². The molecule has 0 bridgehead atoms. The third-order valence-corrected chi connectivity index (χ3v) is 3.48. The van der Waals surface area contributed by atoms with Crippen LogP contribution < -0.4 is 5.73 Å². The molecule has 3 unspecified atom stereocenters. The maximum absolute atomic E-state index is 9.77. The number of phenolic OH excluding ortho intramolecular Hbond substituents is 1. The number of para-hydroxylation sites is 1. The molecule has 0 saturated heterocycles. The van der Waals surface area contributed by atoms with Crippen molar-refractivity contribution in [3.05, 3.63) is 29.8 Å². The van der Waals surface area contributed by atoms with Crippen LogP contribution in [0.5, 0.6) is 5.75 Å². The summed E-state index contributed by atoms with van der Waals surface area (Å²) in [6, 6.07) is 7.52. The van der Waals surface area contributed by atoms with E-state index in [1.54, 1.807) is 12.1 Å². The number of ether oxygens (including phenoxy) is 1. The van der Waals surface area contributed by atoms with E-state index in [0.717, 1.165) is 19.3 Å². The second-order valence-electron chi connectivity index (χ2n) is 4.75. The average molecular weight is 232 g/mol. The van der Waals surface area contributed by atoms with Crippen LogP contribution >= 0.6 is 0 Å². The topological polar surface area (TPSA) is 67.8 Å². The Hall–Kier alpha value is -1.55. The lowest BCUT2D eigenvalue weighted by Crippen LogP contribution is -2.37. The van der Waals surface area contributed by atoms with Crippen LogP contribution in [0, 0.1) is 0 Å². The van der Waals surface area contributed by atoms with Crippen molar-refractivity contribution in [1.29, 1.82) is 0 Å². The van der Waals surface area contributed by atoms with Gasteiger partial charge in [-0.25, -0.2) is 4.99 Å². The standard InChI is InChI=1S/C13H16N2O2/c14-8-5-6-12-10(7-8)15-13(17-12)9-3-1-2-4-11(9)16/h1-4,8,10,12,16H,5-7,14H2. The molecule has 0 amide bonds. The SMILES string of the molecule is NC1CCC2OC(c3ccccc3O)=NC2C1. The fourth-order valence-electron chi connectivity index (χ4n) is 2.54. The Morgan fingerprint density at radius 1 is 1.29 bits per heavy atom. The van der Waals surface area contributed by atoms with Crippen molar-refractivity contribution in [1.82, 2.24) is 0 Å². The Labute approximate surface area is 100 Å². The zero-order valence-electron chi connectivity index (χ0n) is 9.54. The van der Waals surface area contributed by atoms with Crippen molar-refractivity contribution in [2.75, 3.05) is 0 Å². The van der Waals surface area contributed by atoms with E-state index < -0.39 is 0 Å². The first kappa shape index (κ1) is 10.6. The molecule has 0 aromatic heterocycles. The maximum Gasteiger partial charge on any atom is 0.220 e. The Balaban J connectivity index is 1.87. The van der Waals surface area contributed by atoms with Crippen LogP contribution in [-0.4, -0.2) is 29.2 Å². The monoisotopic (exact) mass is 232 g/mol. The van der Waals surface area contributed by atoms with Gasteiger partial charge in [0.2, 0.25) is 5.90 Å². The van der Waals surface area contributed by atoms with Crippen molar-refractivity contribution >= 4 is 5.90 Å². The molecule has 1 aromatic carbocycles. The van der Waals surface area contributed by atoms with E-state index in [1.165, 1.54) is 0 Å². The lowest BCUT2D eigenvalue weighted by atomic mass is 9.90. The van der Waals surface area contributed by atoms with E-state index in [9.17, 15) is 5.11 Å². The van der Waals surface area contributed by atoms with Crippen LogP contribution in [0.4, 0.5) is 0 Å². The van der Waals surface area contributed by atoms with Gasteiger partial charge in [0.1, 0.15) is 11.9 Å². The number of phenols is 1. The molecule has 1 aliphatic carbocycles. The molecule has 1 aliphatic heterocycles. The van der Waals surface area contributed by atoms with Gasteiger partial charge in [0, 0.05) is 6.04 Å². The molecule has 0 radical (unpaired) electrons. The van der Waals surface area contributed by atoms with E-state index in [4.69, 9.17) is 10.5 Å². The van der Waals surface area contributed by atoms with Gasteiger partial charge in [-0.15, -0.1) is 0 Å². The van der Waals surface area contributed by atoms with Gasteiger partial charge in [-0.05, 0) is 31.4 Å². The molecule has 1 heterocycles. The predicted octanol–water partition coefficient (Wildman–Crippen LogP) is 1.42. The van der Waals surface area contributed by atoms with Crippen LogP contribution in [0.2, 0.25) is 0 Å². The number of hydrogen-bond acceptors (Lipinski definition) is 4. The van der Waals surface area contributed by atoms with Crippen molar-refractivity contribution in [2.45, 2.75) is 37.5 Å². The minimum atomic E-state index is 0.143. The molecule has 4 nitrogen and oxygen atoms in total. The highest BCUT2D eigenvalue weighted by atomic mass is 16.5. The quantitative estimate of drug-likeness (QED) is 0.769. The van der Waals surface area contributed by atoms with Gasteiger partial charge in [-0.2, -0.15) is 0 Å². The first-order valence-corrected chi connectivity index (χ1v) is 6.02. The van der Waals surface area contributed by atoms with Gasteiger partial charge in [0.15, 0.2) is 0 Å². The molecule has 1 aromatic rings.